The summed E-state index contributed by atoms with van der Waals surface area (Å²) in [6.45, 7) is 4.02. The van der Waals surface area contributed by atoms with E-state index in [0.717, 1.165) is 16.7 Å². The van der Waals surface area contributed by atoms with Gasteiger partial charge in [-0.2, -0.15) is 5.26 Å². The lowest BCUT2D eigenvalue weighted by Crippen LogP contribution is -2.42. The molecule has 0 saturated heterocycles. The SMILES string of the molecule is CN1Cc2cnc3ccc(-c4ccc(CO)nc4)nc3c2N(c2ccc(C(C)(C)C#N)cc2)C1=O. The Bertz CT molecular complexity index is 1470. The van der Waals surface area contributed by atoms with Crippen LogP contribution in [0.5, 0.6) is 0 Å². The number of fused-ring (bicyclic) bond motifs is 3. The lowest BCUT2D eigenvalue weighted by Gasteiger charge is -2.35. The summed E-state index contributed by atoms with van der Waals surface area (Å²) >= 11 is 0. The average Bonchev–Trinajstić information content (AvgIpc) is 2.89. The number of nitriles is 1. The van der Waals surface area contributed by atoms with Gasteiger partial charge in [0.2, 0.25) is 0 Å². The molecule has 0 atom stereocenters. The van der Waals surface area contributed by atoms with Gasteiger partial charge in [-0.25, -0.2) is 9.78 Å². The highest BCUT2D eigenvalue weighted by molar-refractivity contribution is 6.08. The smallest absolute Gasteiger partial charge is 0.329 e. The van der Waals surface area contributed by atoms with Gasteiger partial charge in [-0.15, -0.1) is 0 Å². The fourth-order valence-corrected chi connectivity index (χ4v) is 4.21. The average molecular weight is 465 g/mol. The van der Waals surface area contributed by atoms with E-state index in [-0.39, 0.29) is 12.6 Å². The molecule has 0 unspecified atom stereocenters. The Morgan fingerprint density at radius 3 is 2.49 bits per heavy atom. The summed E-state index contributed by atoms with van der Waals surface area (Å²) in [5.41, 5.74) is 5.90. The van der Waals surface area contributed by atoms with Crippen molar-refractivity contribution in [1.82, 2.24) is 19.9 Å². The first-order chi connectivity index (χ1) is 16.8. The maximum Gasteiger partial charge on any atom is 0.329 e. The monoisotopic (exact) mass is 464 g/mol. The maximum absolute atomic E-state index is 13.4. The lowest BCUT2D eigenvalue weighted by atomic mass is 9.86. The number of carbonyl (C=O) groups is 1. The zero-order valence-corrected chi connectivity index (χ0v) is 19.7. The standard InChI is InChI=1S/C27H24N6O2/c1-27(2,16-28)19-5-8-21(9-6-19)33-25-18(14-32(3)26(33)35)13-30-23-11-10-22(31-24(23)25)17-4-7-20(15-34)29-12-17/h4-13,34H,14-15H2,1-3H3. The van der Waals surface area contributed by atoms with Crippen molar-refractivity contribution in [3.8, 4) is 17.3 Å². The van der Waals surface area contributed by atoms with Crippen molar-refractivity contribution < 1.29 is 9.90 Å². The Kier molecular flexibility index (Phi) is 5.42. The molecule has 1 aliphatic heterocycles. The summed E-state index contributed by atoms with van der Waals surface area (Å²) in [4.78, 5) is 30.5. The van der Waals surface area contributed by atoms with Crippen LogP contribution in [0, 0.1) is 11.3 Å². The minimum Gasteiger partial charge on any atom is -0.390 e. The highest BCUT2D eigenvalue weighted by Crippen LogP contribution is 2.39. The van der Waals surface area contributed by atoms with Gasteiger partial charge in [0.05, 0.1) is 52.9 Å². The molecule has 0 fully saturated rings. The molecule has 0 saturated carbocycles. The number of rotatable bonds is 4. The number of aliphatic hydroxyl groups excluding tert-OH is 1. The largest absolute Gasteiger partial charge is 0.390 e. The first kappa shape index (κ1) is 22.4. The number of aromatic nitrogens is 3. The van der Waals surface area contributed by atoms with E-state index in [2.05, 4.69) is 16.0 Å². The van der Waals surface area contributed by atoms with Crippen molar-refractivity contribution in [3.63, 3.8) is 0 Å². The molecule has 4 aromatic rings. The molecule has 1 N–H and O–H groups in total. The number of urea groups is 1. The van der Waals surface area contributed by atoms with Crippen LogP contribution in [0.25, 0.3) is 22.3 Å². The number of nitrogens with zero attached hydrogens (tertiary/aromatic N) is 6. The molecule has 0 radical (unpaired) electrons. The molecule has 4 heterocycles. The van der Waals surface area contributed by atoms with E-state index in [1.54, 1.807) is 35.3 Å². The molecular weight excluding hydrogens is 440 g/mol. The van der Waals surface area contributed by atoms with Crippen molar-refractivity contribution in [2.24, 2.45) is 0 Å². The fourth-order valence-electron chi connectivity index (χ4n) is 4.21. The predicted molar refractivity (Wildman–Crippen MR) is 133 cm³/mol. The topological polar surface area (TPSA) is 106 Å². The van der Waals surface area contributed by atoms with Crippen LogP contribution in [0.2, 0.25) is 0 Å². The Labute approximate surface area is 203 Å². The van der Waals surface area contributed by atoms with Crippen LogP contribution in [-0.2, 0) is 18.6 Å². The summed E-state index contributed by atoms with van der Waals surface area (Å²) in [6.07, 6.45) is 3.47. The fraction of sp³-hybridized carbons (Fsp3) is 0.222. The molecule has 35 heavy (non-hydrogen) atoms. The van der Waals surface area contributed by atoms with E-state index in [1.807, 2.05) is 56.3 Å². The van der Waals surface area contributed by atoms with Crippen LogP contribution in [-0.4, -0.2) is 38.0 Å². The third kappa shape index (κ3) is 3.86. The second kappa shape index (κ2) is 8.46. The van der Waals surface area contributed by atoms with Gasteiger partial charge in [0.25, 0.3) is 0 Å². The summed E-state index contributed by atoms with van der Waals surface area (Å²) < 4.78 is 0. The van der Waals surface area contributed by atoms with E-state index in [0.29, 0.717) is 40.3 Å². The van der Waals surface area contributed by atoms with Gasteiger partial charge in [-0.3, -0.25) is 14.9 Å². The second-order valence-corrected chi connectivity index (χ2v) is 9.15. The van der Waals surface area contributed by atoms with Gasteiger partial charge in [0.15, 0.2) is 0 Å². The molecule has 3 aromatic heterocycles. The van der Waals surface area contributed by atoms with Gasteiger partial charge in [0, 0.05) is 30.6 Å². The van der Waals surface area contributed by atoms with Crippen molar-refractivity contribution in [2.45, 2.75) is 32.4 Å². The van der Waals surface area contributed by atoms with Gasteiger partial charge in [0.1, 0.15) is 5.52 Å². The maximum atomic E-state index is 13.4. The first-order valence-electron chi connectivity index (χ1n) is 11.2. The number of pyridine rings is 3. The molecule has 8 heteroatoms. The molecule has 174 valence electrons. The minimum atomic E-state index is -0.633. The summed E-state index contributed by atoms with van der Waals surface area (Å²) in [7, 11) is 1.76. The molecule has 0 bridgehead atoms. The Balaban J connectivity index is 1.67. The molecule has 0 aliphatic carbocycles. The van der Waals surface area contributed by atoms with Crippen molar-refractivity contribution >= 4 is 28.4 Å². The summed E-state index contributed by atoms with van der Waals surface area (Å²) in [6, 6.07) is 17.0. The van der Waals surface area contributed by atoms with Gasteiger partial charge < -0.3 is 10.0 Å². The highest BCUT2D eigenvalue weighted by Gasteiger charge is 2.32. The van der Waals surface area contributed by atoms with E-state index in [1.165, 1.54) is 0 Å². The van der Waals surface area contributed by atoms with Crippen LogP contribution < -0.4 is 4.90 Å². The van der Waals surface area contributed by atoms with Gasteiger partial charge in [-0.05, 0) is 55.8 Å². The first-order valence-corrected chi connectivity index (χ1v) is 11.2. The Morgan fingerprint density at radius 2 is 1.83 bits per heavy atom. The summed E-state index contributed by atoms with van der Waals surface area (Å²) in [5, 5.41) is 18.8. The number of benzene rings is 1. The molecule has 1 aromatic carbocycles. The number of carbonyl (C=O) groups excluding carboxylic acids is 1. The van der Waals surface area contributed by atoms with Gasteiger partial charge in [-0.1, -0.05) is 12.1 Å². The Morgan fingerprint density at radius 1 is 1.06 bits per heavy atom. The molecular formula is C27H24N6O2. The zero-order valence-electron chi connectivity index (χ0n) is 19.7. The number of hydrogen-bond acceptors (Lipinski definition) is 6. The van der Waals surface area contributed by atoms with Gasteiger partial charge >= 0.3 is 6.03 Å². The number of hydrogen-bond donors (Lipinski definition) is 1. The highest BCUT2D eigenvalue weighted by atomic mass is 16.3. The van der Waals surface area contributed by atoms with E-state index < -0.39 is 5.41 Å². The van der Waals surface area contributed by atoms with E-state index in [4.69, 9.17) is 4.98 Å². The van der Waals surface area contributed by atoms with Crippen LogP contribution >= 0.6 is 0 Å². The molecule has 2 amide bonds. The minimum absolute atomic E-state index is 0.127. The van der Waals surface area contributed by atoms with E-state index >= 15 is 0 Å². The summed E-state index contributed by atoms with van der Waals surface area (Å²) in [5.74, 6) is 0. The second-order valence-electron chi connectivity index (χ2n) is 9.15. The van der Waals surface area contributed by atoms with Crippen molar-refractivity contribution in [3.05, 3.63) is 77.7 Å². The van der Waals surface area contributed by atoms with Crippen LogP contribution in [0.1, 0.15) is 30.7 Å². The third-order valence-electron chi connectivity index (χ3n) is 6.32. The number of aliphatic hydroxyl groups is 1. The molecule has 1 aliphatic rings. The van der Waals surface area contributed by atoms with Crippen LogP contribution in [0.4, 0.5) is 16.2 Å². The van der Waals surface area contributed by atoms with Crippen LogP contribution in [0.15, 0.2) is 60.9 Å². The van der Waals surface area contributed by atoms with Crippen molar-refractivity contribution in [1.29, 1.82) is 5.26 Å². The Hall–Kier alpha value is -4.35. The number of amides is 2. The quantitative estimate of drug-likeness (QED) is 0.470. The normalized spacial score (nSPS) is 13.6. The molecule has 0 spiro atoms. The van der Waals surface area contributed by atoms with Crippen LogP contribution in [0.3, 0.4) is 0 Å². The zero-order chi connectivity index (χ0) is 24.7. The number of anilines is 2. The predicted octanol–water partition coefficient (Wildman–Crippen LogP) is 4.69. The van der Waals surface area contributed by atoms with E-state index in [9.17, 15) is 15.2 Å². The third-order valence-corrected chi connectivity index (χ3v) is 6.32. The lowest BCUT2D eigenvalue weighted by molar-refractivity contribution is 0.213. The van der Waals surface area contributed by atoms with Crippen molar-refractivity contribution in [2.75, 3.05) is 11.9 Å². The molecule has 5 rings (SSSR count). The molecule has 8 nitrogen and oxygen atoms in total.